The zero-order valence-corrected chi connectivity index (χ0v) is 19.6. The maximum atomic E-state index is 12.8. The highest BCUT2D eigenvalue weighted by Gasteiger charge is 2.15. The average Bonchev–Trinajstić information content (AvgIpc) is 2.87. The van der Waals surface area contributed by atoms with Crippen LogP contribution in [-0.2, 0) is 11.3 Å². The van der Waals surface area contributed by atoms with E-state index in [0.717, 1.165) is 32.6 Å². The molecule has 0 aliphatic carbocycles. The maximum absolute atomic E-state index is 12.8. The lowest BCUT2D eigenvalue weighted by Crippen LogP contribution is -2.27. The molecule has 1 heterocycles. The first-order valence-corrected chi connectivity index (χ1v) is 11.5. The summed E-state index contributed by atoms with van der Waals surface area (Å²) in [4.78, 5) is 14.5. The van der Waals surface area contributed by atoms with Crippen molar-refractivity contribution in [3.8, 4) is 22.8 Å². The van der Waals surface area contributed by atoms with E-state index in [0.29, 0.717) is 18.0 Å². The van der Waals surface area contributed by atoms with Gasteiger partial charge in [-0.1, -0.05) is 72.4 Å². The van der Waals surface area contributed by atoms with Crippen LogP contribution in [0.5, 0.6) is 11.5 Å². The summed E-state index contributed by atoms with van der Waals surface area (Å²) < 4.78 is 10.6. The molecular weight excluding hydrogens is 434 g/mol. The van der Waals surface area contributed by atoms with Gasteiger partial charge in [0.05, 0.1) is 20.0 Å². The Morgan fingerprint density at radius 1 is 0.879 bits per heavy atom. The third-order valence-electron chi connectivity index (χ3n) is 5.33. The molecule has 4 rings (SSSR count). The number of benzene rings is 3. The Labute approximate surface area is 197 Å². The van der Waals surface area contributed by atoms with Crippen LogP contribution in [0.1, 0.15) is 5.56 Å². The van der Waals surface area contributed by atoms with Gasteiger partial charge in [0, 0.05) is 29.9 Å². The van der Waals surface area contributed by atoms with Crippen LogP contribution < -0.4 is 9.47 Å². The highest BCUT2D eigenvalue weighted by Crippen LogP contribution is 2.32. The minimum absolute atomic E-state index is 0.00722. The van der Waals surface area contributed by atoms with Crippen LogP contribution >= 0.6 is 11.8 Å². The molecule has 0 saturated carbocycles. The molecule has 168 valence electrons. The summed E-state index contributed by atoms with van der Waals surface area (Å²) in [6.45, 7) is 0.471. The van der Waals surface area contributed by atoms with Gasteiger partial charge in [0.1, 0.15) is 10.7 Å². The molecule has 4 aromatic rings. The molecule has 0 atom stereocenters. The van der Waals surface area contributed by atoms with Crippen LogP contribution in [0.4, 0.5) is 0 Å². The lowest BCUT2D eigenvalue weighted by atomic mass is 10.1. The topological polar surface area (TPSA) is 64.5 Å². The van der Waals surface area contributed by atoms with E-state index in [-0.39, 0.29) is 11.7 Å². The van der Waals surface area contributed by atoms with E-state index in [4.69, 9.17) is 9.47 Å². The van der Waals surface area contributed by atoms with Crippen LogP contribution in [0.2, 0.25) is 0 Å². The van der Waals surface area contributed by atoms with Gasteiger partial charge in [-0.2, -0.15) is 0 Å². The fraction of sp³-hybridized carbons (Fsp3) is 0.192. The Hall–Kier alpha value is -3.58. The fourth-order valence-electron chi connectivity index (χ4n) is 3.58. The van der Waals surface area contributed by atoms with Crippen LogP contribution in [0.15, 0.2) is 77.8 Å². The number of aromatic nitrogens is 2. The standard InChI is InChI=1S/C26H25N3O3S/c1-29(16-18-13-14-22(31-2)23(15-18)32-3)24(30)17-33-26-21-12-8-7-11-20(21)25(27-28-26)19-9-5-4-6-10-19/h4-15H,16-17H2,1-3H3. The quantitative estimate of drug-likeness (QED) is 0.343. The number of amides is 1. The number of ether oxygens (including phenoxy) is 2. The van der Waals surface area contributed by atoms with E-state index in [9.17, 15) is 4.79 Å². The number of hydrogen-bond donors (Lipinski definition) is 0. The second-order valence-electron chi connectivity index (χ2n) is 7.49. The van der Waals surface area contributed by atoms with Crippen molar-refractivity contribution in [1.29, 1.82) is 0 Å². The van der Waals surface area contributed by atoms with E-state index in [2.05, 4.69) is 10.2 Å². The first kappa shape index (κ1) is 22.6. The summed E-state index contributed by atoms with van der Waals surface area (Å²) in [7, 11) is 4.99. The monoisotopic (exact) mass is 459 g/mol. The van der Waals surface area contributed by atoms with Crippen molar-refractivity contribution >= 4 is 28.4 Å². The van der Waals surface area contributed by atoms with Crippen molar-refractivity contribution in [2.24, 2.45) is 0 Å². The predicted octanol–water partition coefficient (Wildman–Crippen LogP) is 5.06. The molecule has 0 aliphatic heterocycles. The number of thioether (sulfide) groups is 1. The first-order chi connectivity index (χ1) is 16.1. The van der Waals surface area contributed by atoms with Crippen molar-refractivity contribution in [1.82, 2.24) is 15.1 Å². The summed E-state index contributed by atoms with van der Waals surface area (Å²) in [5.41, 5.74) is 2.82. The molecule has 1 aromatic heterocycles. The molecule has 3 aromatic carbocycles. The van der Waals surface area contributed by atoms with Gasteiger partial charge in [-0.3, -0.25) is 4.79 Å². The van der Waals surface area contributed by atoms with Crippen LogP contribution in [-0.4, -0.2) is 48.0 Å². The van der Waals surface area contributed by atoms with Crippen LogP contribution in [0, 0.1) is 0 Å². The molecule has 0 bridgehead atoms. The SMILES string of the molecule is COc1ccc(CN(C)C(=O)CSc2nnc(-c3ccccc3)c3ccccc23)cc1OC. The van der Waals surface area contributed by atoms with Crippen molar-refractivity contribution in [2.75, 3.05) is 27.0 Å². The summed E-state index contributed by atoms with van der Waals surface area (Å²) >= 11 is 1.41. The molecule has 33 heavy (non-hydrogen) atoms. The van der Waals surface area contributed by atoms with Crippen molar-refractivity contribution in [2.45, 2.75) is 11.6 Å². The smallest absolute Gasteiger partial charge is 0.233 e. The minimum atomic E-state index is 0.00722. The van der Waals surface area contributed by atoms with Gasteiger partial charge in [0.25, 0.3) is 0 Å². The summed E-state index contributed by atoms with van der Waals surface area (Å²) in [5, 5.41) is 11.7. The van der Waals surface area contributed by atoms with Gasteiger partial charge >= 0.3 is 0 Å². The predicted molar refractivity (Wildman–Crippen MR) is 132 cm³/mol. The molecule has 0 radical (unpaired) electrons. The molecule has 0 N–H and O–H groups in total. The highest BCUT2D eigenvalue weighted by molar-refractivity contribution is 8.00. The molecule has 7 heteroatoms. The number of carbonyl (C=O) groups excluding carboxylic acids is 1. The van der Waals surface area contributed by atoms with Crippen molar-refractivity contribution in [3.05, 3.63) is 78.4 Å². The van der Waals surface area contributed by atoms with Gasteiger partial charge in [-0.25, -0.2) is 0 Å². The lowest BCUT2D eigenvalue weighted by molar-refractivity contribution is -0.127. The zero-order chi connectivity index (χ0) is 23.2. The Bertz CT molecular complexity index is 1260. The molecule has 0 spiro atoms. The number of nitrogens with zero attached hydrogens (tertiary/aromatic N) is 3. The average molecular weight is 460 g/mol. The van der Waals surface area contributed by atoms with Gasteiger partial charge in [0.15, 0.2) is 11.5 Å². The Morgan fingerprint density at radius 3 is 2.30 bits per heavy atom. The van der Waals surface area contributed by atoms with Gasteiger partial charge in [-0.15, -0.1) is 10.2 Å². The minimum Gasteiger partial charge on any atom is -0.493 e. The van der Waals surface area contributed by atoms with Crippen LogP contribution in [0.3, 0.4) is 0 Å². The van der Waals surface area contributed by atoms with Gasteiger partial charge < -0.3 is 14.4 Å². The molecular formula is C26H25N3O3S. The zero-order valence-electron chi connectivity index (χ0n) is 18.8. The van der Waals surface area contributed by atoms with E-state index >= 15 is 0 Å². The number of fused-ring (bicyclic) bond motifs is 1. The van der Waals surface area contributed by atoms with Crippen molar-refractivity contribution < 1.29 is 14.3 Å². The third-order valence-corrected chi connectivity index (χ3v) is 6.29. The van der Waals surface area contributed by atoms with Gasteiger partial charge in [0.2, 0.25) is 5.91 Å². The first-order valence-electron chi connectivity index (χ1n) is 10.5. The van der Waals surface area contributed by atoms with E-state index in [1.807, 2.05) is 72.8 Å². The largest absolute Gasteiger partial charge is 0.493 e. The summed E-state index contributed by atoms with van der Waals surface area (Å²) in [6, 6.07) is 23.7. The molecule has 0 unspecified atom stereocenters. The maximum Gasteiger partial charge on any atom is 0.233 e. The number of methoxy groups -OCH3 is 2. The number of carbonyl (C=O) groups is 1. The normalized spacial score (nSPS) is 10.8. The highest BCUT2D eigenvalue weighted by atomic mass is 32.2. The summed E-state index contributed by atoms with van der Waals surface area (Å²) in [5.74, 6) is 1.58. The number of hydrogen-bond acceptors (Lipinski definition) is 6. The van der Waals surface area contributed by atoms with Gasteiger partial charge in [-0.05, 0) is 17.7 Å². The Kier molecular flexibility index (Phi) is 7.10. The lowest BCUT2D eigenvalue weighted by Gasteiger charge is -2.18. The van der Waals surface area contributed by atoms with E-state index < -0.39 is 0 Å². The molecule has 0 fully saturated rings. The summed E-state index contributed by atoms with van der Waals surface area (Å²) in [6.07, 6.45) is 0. The molecule has 0 saturated heterocycles. The van der Waals surface area contributed by atoms with E-state index in [1.54, 1.807) is 26.2 Å². The molecule has 1 amide bonds. The fourth-order valence-corrected chi connectivity index (χ4v) is 4.49. The Balaban J connectivity index is 1.48. The van der Waals surface area contributed by atoms with Crippen LogP contribution in [0.25, 0.3) is 22.0 Å². The second kappa shape index (κ2) is 10.4. The Morgan fingerprint density at radius 2 is 1.58 bits per heavy atom. The van der Waals surface area contributed by atoms with Crippen molar-refractivity contribution in [3.63, 3.8) is 0 Å². The van der Waals surface area contributed by atoms with E-state index in [1.165, 1.54) is 11.8 Å². The third kappa shape index (κ3) is 5.09. The number of rotatable bonds is 8. The molecule has 0 aliphatic rings. The molecule has 6 nitrogen and oxygen atoms in total. The second-order valence-corrected chi connectivity index (χ2v) is 8.46.